The first kappa shape index (κ1) is 30.8. The molecule has 0 heterocycles. The van der Waals surface area contributed by atoms with E-state index in [1.165, 1.54) is 29.2 Å². The topological polar surface area (TPSA) is 97.3 Å². The molecule has 12 heteroatoms. The highest BCUT2D eigenvalue weighted by molar-refractivity contribution is 5.74. The Morgan fingerprint density at radius 2 is 1.66 bits per heavy atom. The summed E-state index contributed by atoms with van der Waals surface area (Å²) in [5.41, 5.74) is 1.43. The van der Waals surface area contributed by atoms with Crippen LogP contribution in [0.25, 0.3) is 0 Å². The van der Waals surface area contributed by atoms with Gasteiger partial charge in [-0.05, 0) is 48.7 Å². The molecular weight excluding hydrogens is 512 g/mol. The number of rotatable bonds is 16. The van der Waals surface area contributed by atoms with Gasteiger partial charge in [0.05, 0.1) is 6.54 Å². The molecule has 1 atom stereocenters. The van der Waals surface area contributed by atoms with Crippen LogP contribution >= 0.6 is 0 Å². The number of urea groups is 1. The maximum absolute atomic E-state index is 13.1. The molecule has 2 N–H and O–H groups in total. The lowest BCUT2D eigenvalue weighted by Crippen LogP contribution is -2.42. The summed E-state index contributed by atoms with van der Waals surface area (Å²) in [5, 5.41) is 11.9. The molecule has 0 aromatic heterocycles. The number of halogens is 4. The summed E-state index contributed by atoms with van der Waals surface area (Å²) in [6.45, 7) is 0.967. The molecule has 2 aromatic rings. The van der Waals surface area contributed by atoms with Crippen LogP contribution in [-0.4, -0.2) is 73.8 Å². The van der Waals surface area contributed by atoms with Crippen LogP contribution < -0.4 is 10.1 Å². The Hall–Kier alpha value is -3.38. The molecule has 2 aromatic carbocycles. The third kappa shape index (κ3) is 12.2. The average molecular weight is 545 g/mol. The summed E-state index contributed by atoms with van der Waals surface area (Å²) in [4.78, 5) is 25.4. The Bertz CT molecular complexity index is 987. The summed E-state index contributed by atoms with van der Waals surface area (Å²) in [6.07, 6.45) is -5.00. The molecule has 8 nitrogen and oxygen atoms in total. The minimum atomic E-state index is -4.42. The van der Waals surface area contributed by atoms with Gasteiger partial charge in [-0.15, -0.1) is 0 Å². The fraction of sp³-hybridized carbons (Fsp3) is 0.462. The van der Waals surface area contributed by atoms with E-state index in [4.69, 9.17) is 9.47 Å². The highest BCUT2D eigenvalue weighted by atomic mass is 19.4. The molecule has 1 unspecified atom stereocenters. The molecule has 0 aliphatic rings. The van der Waals surface area contributed by atoms with Crippen LogP contribution in [0, 0.1) is 5.82 Å². The normalized spacial score (nSPS) is 12.1. The van der Waals surface area contributed by atoms with E-state index < -0.39 is 36.7 Å². The van der Waals surface area contributed by atoms with Crippen molar-refractivity contribution in [1.82, 2.24) is 10.2 Å². The Labute approximate surface area is 218 Å². The average Bonchev–Trinajstić information content (AvgIpc) is 2.87. The number of nitrogens with one attached hydrogen (secondary N) is 1. The predicted molar refractivity (Wildman–Crippen MR) is 130 cm³/mol. The molecule has 2 amide bonds. The van der Waals surface area contributed by atoms with Gasteiger partial charge in [0.2, 0.25) is 0 Å². The third-order valence-electron chi connectivity index (χ3n) is 5.24. The molecule has 0 saturated carbocycles. The van der Waals surface area contributed by atoms with Gasteiger partial charge in [0, 0.05) is 32.7 Å². The first-order valence-electron chi connectivity index (χ1n) is 12.0. The number of carboxylic acids is 1. The molecule has 0 radical (unpaired) electrons. The van der Waals surface area contributed by atoms with Crippen LogP contribution in [0.3, 0.4) is 0 Å². The van der Waals surface area contributed by atoms with E-state index >= 15 is 0 Å². The summed E-state index contributed by atoms with van der Waals surface area (Å²) < 4.78 is 65.4. The fourth-order valence-corrected chi connectivity index (χ4v) is 3.38. The van der Waals surface area contributed by atoms with E-state index in [9.17, 15) is 32.3 Å². The predicted octanol–water partition coefficient (Wildman–Crippen LogP) is 4.42. The monoisotopic (exact) mass is 544 g/mol. The molecule has 0 fully saturated rings. The lowest BCUT2D eigenvalue weighted by Gasteiger charge is -2.23. The Morgan fingerprint density at radius 3 is 2.26 bits per heavy atom. The van der Waals surface area contributed by atoms with E-state index in [2.05, 4.69) is 10.1 Å². The Kier molecular flexibility index (Phi) is 12.8. The molecule has 210 valence electrons. The van der Waals surface area contributed by atoms with E-state index in [0.29, 0.717) is 11.3 Å². The van der Waals surface area contributed by atoms with Crippen molar-refractivity contribution < 1.29 is 46.5 Å². The van der Waals surface area contributed by atoms with Crippen LogP contribution in [0.15, 0.2) is 48.5 Å². The maximum atomic E-state index is 13.1. The van der Waals surface area contributed by atoms with Crippen molar-refractivity contribution in [1.29, 1.82) is 0 Å². The minimum Gasteiger partial charge on any atom is -0.492 e. The molecule has 0 bridgehead atoms. The Balaban J connectivity index is 1.88. The zero-order valence-corrected chi connectivity index (χ0v) is 21.0. The first-order chi connectivity index (χ1) is 18.1. The van der Waals surface area contributed by atoms with E-state index in [1.807, 2.05) is 0 Å². The zero-order valence-electron chi connectivity index (χ0n) is 21.0. The summed E-state index contributed by atoms with van der Waals surface area (Å²) >= 11 is 0. The number of alkyl halides is 3. The second-order valence-corrected chi connectivity index (χ2v) is 8.27. The van der Waals surface area contributed by atoms with Gasteiger partial charge < -0.3 is 29.5 Å². The van der Waals surface area contributed by atoms with E-state index in [0.717, 1.165) is 5.56 Å². The van der Waals surface area contributed by atoms with Crippen molar-refractivity contribution in [2.24, 2.45) is 0 Å². The number of carbonyl (C=O) groups is 2. The minimum absolute atomic E-state index is 0.101. The molecule has 0 aliphatic carbocycles. The number of ether oxygens (including phenoxy) is 3. The summed E-state index contributed by atoms with van der Waals surface area (Å²) in [7, 11) is 0. The number of hydrogen-bond donors (Lipinski definition) is 2. The van der Waals surface area contributed by atoms with Gasteiger partial charge >= 0.3 is 18.2 Å². The van der Waals surface area contributed by atoms with Gasteiger partial charge in [-0.25, -0.2) is 14.0 Å². The van der Waals surface area contributed by atoms with Gasteiger partial charge in [-0.3, -0.25) is 0 Å². The van der Waals surface area contributed by atoms with Gasteiger partial charge in [0.1, 0.15) is 24.8 Å². The maximum Gasteiger partial charge on any atom is 0.411 e. The lowest BCUT2D eigenvalue weighted by atomic mass is 10.1. The summed E-state index contributed by atoms with van der Waals surface area (Å²) in [6, 6.07) is 11.9. The van der Waals surface area contributed by atoms with Crippen molar-refractivity contribution in [2.75, 3.05) is 39.5 Å². The zero-order chi connectivity index (χ0) is 28.0. The smallest absolute Gasteiger partial charge is 0.411 e. The van der Waals surface area contributed by atoms with E-state index in [-0.39, 0.29) is 52.3 Å². The van der Waals surface area contributed by atoms with Gasteiger partial charge in [-0.1, -0.05) is 24.3 Å². The van der Waals surface area contributed by atoms with Crippen LogP contribution in [0.1, 0.15) is 24.5 Å². The molecule has 0 aliphatic heterocycles. The lowest BCUT2D eigenvalue weighted by molar-refractivity contribution is -0.174. The third-order valence-corrected chi connectivity index (χ3v) is 5.24. The van der Waals surface area contributed by atoms with Crippen molar-refractivity contribution in [3.8, 4) is 5.75 Å². The van der Waals surface area contributed by atoms with Crippen LogP contribution in [0.2, 0.25) is 0 Å². The molecule has 38 heavy (non-hydrogen) atoms. The number of benzene rings is 2. The molecule has 2 rings (SSSR count). The highest BCUT2D eigenvalue weighted by Gasteiger charge is 2.27. The molecule has 0 saturated heterocycles. The fourth-order valence-electron chi connectivity index (χ4n) is 3.38. The quantitative estimate of drug-likeness (QED) is 0.240. The first-order valence-corrected chi connectivity index (χ1v) is 12.0. The largest absolute Gasteiger partial charge is 0.492 e. The molecule has 0 spiro atoms. The standard InChI is InChI=1S/C26H32F4N2O6/c1-2-37-23(24(33)34)16-19-6-10-22(11-7-19)38-15-13-32(12-3-14-36-18-26(28,29)30)25(35)31-17-20-4-8-21(27)9-5-20/h4-11,23H,2-3,12-18H2,1H3,(H,31,35)(H,33,34). The SMILES string of the molecule is CCOC(Cc1ccc(OCCN(CCCOCC(F)(F)F)C(=O)NCc2ccc(F)cc2)cc1)C(=O)O. The van der Waals surface area contributed by atoms with Crippen molar-refractivity contribution >= 4 is 12.0 Å². The summed E-state index contributed by atoms with van der Waals surface area (Å²) in [5.74, 6) is -0.951. The Morgan fingerprint density at radius 1 is 1.00 bits per heavy atom. The number of carbonyl (C=O) groups excluding carboxylic acids is 1. The van der Waals surface area contributed by atoms with Gasteiger partial charge in [-0.2, -0.15) is 13.2 Å². The molecular formula is C26H32F4N2O6. The number of hydrogen-bond acceptors (Lipinski definition) is 5. The van der Waals surface area contributed by atoms with Crippen molar-refractivity contribution in [2.45, 2.75) is 38.6 Å². The second-order valence-electron chi connectivity index (χ2n) is 8.27. The van der Waals surface area contributed by atoms with Crippen LogP contribution in [0.4, 0.5) is 22.4 Å². The number of aliphatic carboxylic acids is 1. The van der Waals surface area contributed by atoms with Gasteiger partial charge in [0.25, 0.3) is 0 Å². The van der Waals surface area contributed by atoms with Crippen molar-refractivity contribution in [3.05, 3.63) is 65.5 Å². The highest BCUT2D eigenvalue weighted by Crippen LogP contribution is 2.16. The van der Waals surface area contributed by atoms with Gasteiger partial charge in [0.15, 0.2) is 6.10 Å². The van der Waals surface area contributed by atoms with Crippen molar-refractivity contribution in [3.63, 3.8) is 0 Å². The van der Waals surface area contributed by atoms with Crippen LogP contribution in [0.5, 0.6) is 5.75 Å². The number of amides is 2. The number of carboxylic acid groups (broad SMARTS) is 1. The van der Waals surface area contributed by atoms with E-state index in [1.54, 1.807) is 31.2 Å². The number of nitrogens with zero attached hydrogens (tertiary/aromatic N) is 1. The second kappa shape index (κ2) is 15.8. The van der Waals surface area contributed by atoms with Crippen LogP contribution in [-0.2, 0) is 27.2 Å².